The standard InChI is InChI=1S/C44H82O16S2/c1-13-37(57-41(17-5)49-25-31(9)53-41)45-21-23-61-35(29-47-39(15-3)59-43(19-7)51-27-33(11)55-43)36(30-48-40(16-4)60-44(20-8)52-28-34(12)56-44)62-24-22-46-38(14-2)58-42(18-6)50-26-32(10)54-42/h31-40H,13-30H2,1-12H3. The number of hydrogen-bond acceptors (Lipinski definition) is 18. The average molecular weight is 931 g/mol. The van der Waals surface area contributed by atoms with Gasteiger partial charge < -0.3 is 56.8 Å². The van der Waals surface area contributed by atoms with E-state index in [1.165, 1.54) is 0 Å². The quantitative estimate of drug-likeness (QED) is 0.0459. The minimum absolute atomic E-state index is 0.0522. The Labute approximate surface area is 380 Å². The van der Waals surface area contributed by atoms with Gasteiger partial charge in [-0.2, -0.15) is 23.5 Å². The van der Waals surface area contributed by atoms with Crippen LogP contribution in [0.25, 0.3) is 0 Å². The Bertz CT molecular complexity index is 1140. The van der Waals surface area contributed by atoms with Crippen LogP contribution in [0.5, 0.6) is 0 Å². The molecule has 4 rings (SSSR count). The Kier molecular flexibility index (Phi) is 23.9. The molecule has 16 nitrogen and oxygen atoms in total. The molecule has 0 radical (unpaired) electrons. The predicted octanol–water partition coefficient (Wildman–Crippen LogP) is 8.26. The first-order valence-corrected chi connectivity index (χ1v) is 25.5. The lowest BCUT2D eigenvalue weighted by atomic mass is 10.3. The van der Waals surface area contributed by atoms with E-state index >= 15 is 0 Å². The molecular weight excluding hydrogens is 849 g/mol. The zero-order valence-corrected chi connectivity index (χ0v) is 41.5. The molecule has 14 unspecified atom stereocenters. The fraction of sp³-hybridized carbons (Fsp3) is 1.00. The second-order valence-corrected chi connectivity index (χ2v) is 18.8. The van der Waals surface area contributed by atoms with E-state index in [1.54, 1.807) is 23.5 Å². The van der Waals surface area contributed by atoms with Crippen molar-refractivity contribution in [2.75, 3.05) is 64.4 Å². The van der Waals surface area contributed by atoms with Gasteiger partial charge in [0.05, 0.1) is 77.3 Å². The summed E-state index contributed by atoms with van der Waals surface area (Å²) in [7, 11) is 0. The van der Waals surface area contributed by atoms with Crippen LogP contribution in [-0.4, -0.2) is 148 Å². The van der Waals surface area contributed by atoms with Crippen LogP contribution in [0.2, 0.25) is 0 Å². The van der Waals surface area contributed by atoms with Crippen LogP contribution in [0, 0.1) is 0 Å². The number of hydrogen-bond donors (Lipinski definition) is 0. The lowest BCUT2D eigenvalue weighted by molar-refractivity contribution is -0.387. The van der Waals surface area contributed by atoms with Crippen LogP contribution in [-0.2, 0) is 75.8 Å². The molecule has 4 aliphatic heterocycles. The van der Waals surface area contributed by atoms with Crippen molar-refractivity contribution in [3.05, 3.63) is 0 Å². The van der Waals surface area contributed by atoms with Crippen molar-refractivity contribution < 1.29 is 75.8 Å². The lowest BCUT2D eigenvalue weighted by Gasteiger charge is -2.34. The molecule has 14 atom stereocenters. The molecule has 0 saturated carbocycles. The van der Waals surface area contributed by atoms with Crippen LogP contribution in [0.15, 0.2) is 0 Å². The van der Waals surface area contributed by atoms with Crippen molar-refractivity contribution >= 4 is 23.5 Å². The van der Waals surface area contributed by atoms with Gasteiger partial charge in [-0.05, 0) is 53.4 Å². The molecule has 4 heterocycles. The first-order valence-electron chi connectivity index (χ1n) is 23.4. The third-order valence-electron chi connectivity index (χ3n) is 10.7. The number of rotatable bonds is 33. The van der Waals surface area contributed by atoms with Gasteiger partial charge in [-0.3, -0.25) is 18.9 Å². The van der Waals surface area contributed by atoms with Gasteiger partial charge in [0, 0.05) is 47.7 Å². The molecule has 4 saturated heterocycles. The Morgan fingerprint density at radius 2 is 0.677 bits per heavy atom. The van der Waals surface area contributed by atoms with E-state index in [0.717, 1.165) is 0 Å². The average Bonchev–Trinajstić information content (AvgIpc) is 4.06. The molecule has 0 aromatic carbocycles. The maximum atomic E-state index is 6.62. The summed E-state index contributed by atoms with van der Waals surface area (Å²) in [6, 6.07) is 0. The minimum Gasteiger partial charge on any atom is -0.352 e. The number of thioether (sulfide) groups is 2. The van der Waals surface area contributed by atoms with E-state index < -0.39 is 49.1 Å². The van der Waals surface area contributed by atoms with Gasteiger partial charge in [-0.25, -0.2) is 0 Å². The van der Waals surface area contributed by atoms with Crippen molar-refractivity contribution in [1.29, 1.82) is 0 Å². The summed E-state index contributed by atoms with van der Waals surface area (Å²) in [5.41, 5.74) is 0. The summed E-state index contributed by atoms with van der Waals surface area (Å²) in [4.78, 5) is 0. The normalized spacial score (nSPS) is 34.5. The van der Waals surface area contributed by atoms with Crippen molar-refractivity contribution in [2.45, 2.75) is 218 Å². The van der Waals surface area contributed by atoms with Gasteiger partial charge in [-0.15, -0.1) is 0 Å². The SMILES string of the molecule is CCC(OCCSC(COC(CC)OC1(CC)OCC(C)O1)C(COC(CC)OC1(CC)OCC(C)O1)SCCOC(CC)OC1(CC)OCC(C)O1)OC1(CC)OCC(C)O1. The van der Waals surface area contributed by atoms with Gasteiger partial charge in [-0.1, -0.05) is 55.4 Å². The Morgan fingerprint density at radius 1 is 0.419 bits per heavy atom. The molecule has 18 heteroatoms. The second kappa shape index (κ2) is 27.2. The van der Waals surface area contributed by atoms with Crippen LogP contribution >= 0.6 is 23.5 Å². The van der Waals surface area contributed by atoms with Gasteiger partial charge >= 0.3 is 0 Å². The molecule has 4 fully saturated rings. The lowest BCUT2D eigenvalue weighted by Crippen LogP contribution is -2.42. The topological polar surface area (TPSA) is 148 Å². The summed E-state index contributed by atoms with van der Waals surface area (Å²) in [5, 5.41) is -0.179. The molecule has 0 aromatic heterocycles. The zero-order chi connectivity index (χ0) is 45.2. The molecule has 0 N–H and O–H groups in total. The van der Waals surface area contributed by atoms with E-state index in [0.29, 0.717) is 116 Å². The highest BCUT2D eigenvalue weighted by atomic mass is 32.2. The molecule has 4 aliphatic rings. The van der Waals surface area contributed by atoms with Crippen molar-refractivity contribution in [3.8, 4) is 0 Å². The molecule has 62 heavy (non-hydrogen) atoms. The fourth-order valence-electron chi connectivity index (χ4n) is 7.23. The highest BCUT2D eigenvalue weighted by Gasteiger charge is 2.45. The Morgan fingerprint density at radius 3 is 0.887 bits per heavy atom. The fourth-order valence-corrected chi connectivity index (χ4v) is 9.63. The molecule has 0 amide bonds. The third kappa shape index (κ3) is 16.7. The first-order chi connectivity index (χ1) is 29.8. The van der Waals surface area contributed by atoms with E-state index in [9.17, 15) is 0 Å². The zero-order valence-electron chi connectivity index (χ0n) is 39.8. The summed E-state index contributed by atoms with van der Waals surface area (Å²) < 4.78 is 99.4. The van der Waals surface area contributed by atoms with Gasteiger partial charge in [0.2, 0.25) is 0 Å². The molecule has 0 spiro atoms. The van der Waals surface area contributed by atoms with E-state index in [-0.39, 0.29) is 34.9 Å². The molecule has 0 bridgehead atoms. The minimum atomic E-state index is -1.15. The molecular formula is C44H82O16S2. The first kappa shape index (κ1) is 54.7. The molecule has 366 valence electrons. The van der Waals surface area contributed by atoms with Crippen LogP contribution in [0.4, 0.5) is 0 Å². The third-order valence-corrected chi connectivity index (χ3v) is 13.5. The predicted molar refractivity (Wildman–Crippen MR) is 235 cm³/mol. The monoisotopic (exact) mass is 931 g/mol. The summed E-state index contributed by atoms with van der Waals surface area (Å²) in [5.74, 6) is -3.21. The van der Waals surface area contributed by atoms with E-state index in [2.05, 4.69) is 0 Å². The van der Waals surface area contributed by atoms with Crippen molar-refractivity contribution in [1.82, 2.24) is 0 Å². The van der Waals surface area contributed by atoms with E-state index in [1.807, 2.05) is 83.1 Å². The smallest absolute Gasteiger partial charge is 0.285 e. The maximum absolute atomic E-state index is 6.62. The van der Waals surface area contributed by atoms with E-state index in [4.69, 9.17) is 75.8 Å². The highest BCUT2D eigenvalue weighted by Crippen LogP contribution is 2.36. The summed E-state index contributed by atoms with van der Waals surface area (Å²) in [6.45, 7) is 27.3. The molecule has 0 aliphatic carbocycles. The maximum Gasteiger partial charge on any atom is 0.285 e. The van der Waals surface area contributed by atoms with Crippen molar-refractivity contribution in [3.63, 3.8) is 0 Å². The largest absolute Gasteiger partial charge is 0.352 e. The molecule has 0 aromatic rings. The van der Waals surface area contributed by atoms with Crippen molar-refractivity contribution in [2.24, 2.45) is 0 Å². The van der Waals surface area contributed by atoms with Gasteiger partial charge in [0.15, 0.2) is 25.2 Å². The second-order valence-electron chi connectivity index (χ2n) is 16.2. The number of ether oxygens (including phenoxy) is 16. The van der Waals surface area contributed by atoms with Gasteiger partial charge in [0.1, 0.15) is 0 Å². The Balaban J connectivity index is 1.49. The van der Waals surface area contributed by atoms with Gasteiger partial charge in [0.25, 0.3) is 23.9 Å². The van der Waals surface area contributed by atoms with Crippen LogP contribution in [0.1, 0.15) is 134 Å². The summed E-state index contributed by atoms with van der Waals surface area (Å²) in [6.07, 6.45) is 2.19. The van der Waals surface area contributed by atoms with Crippen LogP contribution in [0.3, 0.4) is 0 Å². The Hall–Kier alpha value is 0.0600. The van der Waals surface area contributed by atoms with Crippen LogP contribution < -0.4 is 0 Å². The highest BCUT2D eigenvalue weighted by molar-refractivity contribution is 8.03. The summed E-state index contributed by atoms with van der Waals surface area (Å²) >= 11 is 3.49.